The maximum atomic E-state index is 11.7. The summed E-state index contributed by atoms with van der Waals surface area (Å²) in [4.78, 5) is 14.2. The van der Waals surface area contributed by atoms with E-state index in [2.05, 4.69) is 38.2 Å². The summed E-state index contributed by atoms with van der Waals surface area (Å²) in [7, 11) is 1.64. The Labute approximate surface area is 115 Å². The zero-order valence-corrected chi connectivity index (χ0v) is 12.4. The van der Waals surface area contributed by atoms with Crippen LogP contribution in [0.3, 0.4) is 0 Å². The number of aromatic nitrogens is 2. The van der Waals surface area contributed by atoms with Gasteiger partial charge in [0.15, 0.2) is 0 Å². The fourth-order valence-corrected chi connectivity index (χ4v) is 2.75. The Morgan fingerprint density at radius 1 is 1.50 bits per heavy atom. The zero-order chi connectivity index (χ0) is 13.1. The fraction of sp³-hybridized carbons (Fsp3) is 0.667. The van der Waals surface area contributed by atoms with E-state index in [4.69, 9.17) is 0 Å². The van der Waals surface area contributed by atoms with Gasteiger partial charge in [-0.15, -0.1) is 0 Å². The van der Waals surface area contributed by atoms with Gasteiger partial charge in [0.05, 0.1) is 11.9 Å². The largest absolute Gasteiger partial charge is 0.379 e. The predicted molar refractivity (Wildman–Crippen MR) is 75.9 cm³/mol. The van der Waals surface area contributed by atoms with E-state index in [0.29, 0.717) is 10.5 Å². The van der Waals surface area contributed by atoms with Crippen molar-refractivity contribution >= 4 is 21.6 Å². The molecular weight excluding hydrogens is 296 g/mol. The number of nitrogens with zero attached hydrogens (tertiary/aromatic N) is 3. The van der Waals surface area contributed by atoms with Crippen molar-refractivity contribution in [1.82, 2.24) is 14.7 Å². The third-order valence-corrected chi connectivity index (χ3v) is 3.98. The Hall–Kier alpha value is -0.880. The monoisotopic (exact) mass is 314 g/mol. The van der Waals surface area contributed by atoms with Crippen LogP contribution in [0.4, 0.5) is 5.69 Å². The molecule has 0 saturated carbocycles. The van der Waals surface area contributed by atoms with Gasteiger partial charge in [0, 0.05) is 19.6 Å². The first-order valence-corrected chi connectivity index (χ1v) is 7.08. The van der Waals surface area contributed by atoms with Gasteiger partial charge < -0.3 is 10.2 Å². The summed E-state index contributed by atoms with van der Waals surface area (Å²) in [6.07, 6.45) is 4.28. The van der Waals surface area contributed by atoms with Gasteiger partial charge in [0.1, 0.15) is 4.47 Å². The summed E-state index contributed by atoms with van der Waals surface area (Å²) < 4.78 is 1.87. The Balaban J connectivity index is 2.00. The molecule has 5 nitrogen and oxygen atoms in total. The number of halogens is 1. The molecule has 0 radical (unpaired) electrons. The normalized spacial score (nSPS) is 17.9. The van der Waals surface area contributed by atoms with Gasteiger partial charge in [-0.3, -0.25) is 4.79 Å². The van der Waals surface area contributed by atoms with Gasteiger partial charge in [0.2, 0.25) is 0 Å². The summed E-state index contributed by atoms with van der Waals surface area (Å²) in [5.74, 6) is 0. The average molecular weight is 315 g/mol. The molecule has 0 spiro atoms. The molecular formula is C12H19BrN4O. The Morgan fingerprint density at radius 3 is 2.83 bits per heavy atom. The molecule has 0 aromatic carbocycles. The number of hydrogen-bond donors (Lipinski definition) is 1. The van der Waals surface area contributed by atoms with Crippen molar-refractivity contribution in [1.29, 1.82) is 0 Å². The molecule has 1 atom stereocenters. The van der Waals surface area contributed by atoms with Crippen molar-refractivity contribution in [2.75, 3.05) is 25.0 Å². The number of anilines is 1. The van der Waals surface area contributed by atoms with Crippen LogP contribution in [-0.4, -0.2) is 40.4 Å². The van der Waals surface area contributed by atoms with E-state index in [9.17, 15) is 4.79 Å². The van der Waals surface area contributed by atoms with Crippen molar-refractivity contribution in [2.45, 2.75) is 25.8 Å². The molecule has 1 saturated heterocycles. The first-order chi connectivity index (χ1) is 8.58. The smallest absolute Gasteiger partial charge is 0.282 e. The van der Waals surface area contributed by atoms with Gasteiger partial charge >= 0.3 is 0 Å². The molecule has 2 rings (SSSR count). The van der Waals surface area contributed by atoms with Crippen LogP contribution in [-0.2, 0) is 7.05 Å². The highest BCUT2D eigenvalue weighted by Gasteiger charge is 2.16. The van der Waals surface area contributed by atoms with Crippen molar-refractivity contribution in [3.63, 3.8) is 0 Å². The third kappa shape index (κ3) is 3.11. The van der Waals surface area contributed by atoms with Crippen LogP contribution in [0.25, 0.3) is 0 Å². The minimum absolute atomic E-state index is 0.117. The Bertz CT molecular complexity index is 468. The summed E-state index contributed by atoms with van der Waals surface area (Å²) in [6.45, 7) is 5.49. The molecule has 0 aliphatic carbocycles. The molecule has 2 heterocycles. The summed E-state index contributed by atoms with van der Waals surface area (Å²) in [6, 6.07) is 0.299. The van der Waals surface area contributed by atoms with Crippen LogP contribution < -0.4 is 10.9 Å². The van der Waals surface area contributed by atoms with Gasteiger partial charge in [-0.05, 0) is 48.8 Å². The van der Waals surface area contributed by atoms with Gasteiger partial charge in [-0.2, -0.15) is 5.10 Å². The number of aryl methyl sites for hydroxylation is 1. The molecule has 100 valence electrons. The maximum absolute atomic E-state index is 11.7. The number of likely N-dealkylation sites (tertiary alicyclic amines) is 1. The molecule has 0 amide bonds. The minimum atomic E-state index is -0.117. The zero-order valence-electron chi connectivity index (χ0n) is 10.8. The number of nitrogens with one attached hydrogen (secondary N) is 1. The second-order valence-corrected chi connectivity index (χ2v) is 5.65. The number of rotatable bonds is 4. The average Bonchev–Trinajstić information content (AvgIpc) is 2.83. The molecule has 1 aliphatic heterocycles. The van der Waals surface area contributed by atoms with Crippen molar-refractivity contribution in [3.8, 4) is 0 Å². The van der Waals surface area contributed by atoms with E-state index in [-0.39, 0.29) is 5.56 Å². The van der Waals surface area contributed by atoms with Crippen molar-refractivity contribution < 1.29 is 0 Å². The van der Waals surface area contributed by atoms with E-state index < -0.39 is 0 Å². The van der Waals surface area contributed by atoms with Crippen LogP contribution in [0, 0.1) is 0 Å². The van der Waals surface area contributed by atoms with E-state index in [1.54, 1.807) is 13.2 Å². The lowest BCUT2D eigenvalue weighted by molar-refractivity contribution is 0.328. The first kappa shape index (κ1) is 13.5. The highest BCUT2D eigenvalue weighted by Crippen LogP contribution is 2.17. The number of hydrogen-bond acceptors (Lipinski definition) is 4. The molecule has 18 heavy (non-hydrogen) atoms. The molecule has 1 N–H and O–H groups in total. The second-order valence-electron chi connectivity index (χ2n) is 4.85. The van der Waals surface area contributed by atoms with Crippen LogP contribution in [0.5, 0.6) is 0 Å². The lowest BCUT2D eigenvalue weighted by Gasteiger charge is -2.22. The molecule has 1 aromatic rings. The van der Waals surface area contributed by atoms with Crippen molar-refractivity contribution in [3.05, 3.63) is 21.0 Å². The van der Waals surface area contributed by atoms with Gasteiger partial charge in [-0.1, -0.05) is 0 Å². The van der Waals surface area contributed by atoms with Crippen LogP contribution in [0.1, 0.15) is 19.8 Å². The van der Waals surface area contributed by atoms with Crippen LogP contribution >= 0.6 is 15.9 Å². The third-order valence-electron chi connectivity index (χ3n) is 3.21. The molecule has 0 bridgehead atoms. The molecule has 1 aliphatic rings. The highest BCUT2D eigenvalue weighted by molar-refractivity contribution is 9.10. The van der Waals surface area contributed by atoms with E-state index in [1.165, 1.54) is 30.6 Å². The molecule has 6 heteroatoms. The topological polar surface area (TPSA) is 50.2 Å². The summed E-state index contributed by atoms with van der Waals surface area (Å²) >= 11 is 3.32. The highest BCUT2D eigenvalue weighted by atomic mass is 79.9. The van der Waals surface area contributed by atoms with Crippen molar-refractivity contribution in [2.24, 2.45) is 7.05 Å². The first-order valence-electron chi connectivity index (χ1n) is 6.28. The minimum Gasteiger partial charge on any atom is -0.379 e. The molecule has 1 unspecified atom stereocenters. The van der Waals surface area contributed by atoms with Crippen LogP contribution in [0.15, 0.2) is 15.5 Å². The van der Waals surface area contributed by atoms with Gasteiger partial charge in [0.25, 0.3) is 5.56 Å². The lowest BCUT2D eigenvalue weighted by atomic mass is 10.3. The van der Waals surface area contributed by atoms with Crippen LogP contribution in [0.2, 0.25) is 0 Å². The second kappa shape index (κ2) is 5.84. The van der Waals surface area contributed by atoms with E-state index in [0.717, 1.165) is 12.2 Å². The molecule has 1 fully saturated rings. The van der Waals surface area contributed by atoms with Gasteiger partial charge in [-0.25, -0.2) is 4.68 Å². The Morgan fingerprint density at radius 2 is 2.17 bits per heavy atom. The standard InChI is InChI=1S/C12H19BrN4O/c1-9(8-17-5-3-4-6-17)15-10-7-14-16(2)12(18)11(10)13/h7,9,15H,3-6,8H2,1-2H3. The SMILES string of the molecule is CC(CN1CCCC1)Nc1cnn(C)c(=O)c1Br. The predicted octanol–water partition coefficient (Wildman–Crippen LogP) is 1.44. The quantitative estimate of drug-likeness (QED) is 0.913. The maximum Gasteiger partial charge on any atom is 0.282 e. The summed E-state index contributed by atoms with van der Waals surface area (Å²) in [5, 5.41) is 7.36. The van der Waals surface area contributed by atoms with E-state index >= 15 is 0 Å². The lowest BCUT2D eigenvalue weighted by Crippen LogP contribution is -2.33. The van der Waals surface area contributed by atoms with E-state index in [1.807, 2.05) is 0 Å². The molecule has 1 aromatic heterocycles. The Kier molecular flexibility index (Phi) is 4.40. The fourth-order valence-electron chi connectivity index (χ4n) is 2.27. The summed E-state index contributed by atoms with van der Waals surface area (Å²) in [5.41, 5.74) is 0.651.